The van der Waals surface area contributed by atoms with Crippen molar-refractivity contribution in [3.05, 3.63) is 94.3 Å². The van der Waals surface area contributed by atoms with Crippen molar-refractivity contribution in [3.8, 4) is 5.75 Å². The van der Waals surface area contributed by atoms with Crippen LogP contribution in [0.5, 0.6) is 5.75 Å². The third kappa shape index (κ3) is 4.04. The van der Waals surface area contributed by atoms with Crippen molar-refractivity contribution in [1.29, 1.82) is 0 Å². The van der Waals surface area contributed by atoms with E-state index in [2.05, 4.69) is 15.6 Å². The molecule has 0 atom stereocenters. The molecule has 30 heavy (non-hydrogen) atoms. The molecule has 0 saturated carbocycles. The van der Waals surface area contributed by atoms with Gasteiger partial charge >= 0.3 is 0 Å². The summed E-state index contributed by atoms with van der Waals surface area (Å²) in [5, 5.41) is 20.8. The lowest BCUT2D eigenvalue weighted by Gasteiger charge is -2.05. The van der Waals surface area contributed by atoms with E-state index in [-0.39, 0.29) is 11.3 Å². The molecule has 1 amide bonds. The summed E-state index contributed by atoms with van der Waals surface area (Å²) in [5.41, 5.74) is 4.98. The van der Waals surface area contributed by atoms with Crippen LogP contribution >= 0.6 is 11.6 Å². The Balaban J connectivity index is 1.51. The van der Waals surface area contributed by atoms with E-state index in [0.29, 0.717) is 23.0 Å². The summed E-state index contributed by atoms with van der Waals surface area (Å²) in [5.74, 6) is -0.619. The molecule has 0 aliphatic heterocycles. The SMILES string of the molecule is Cc1nn(Cc2ccccc2)c(Cl)c1/C=N\NC(=O)c1cc2ccccc2cc1O. The zero-order chi connectivity index (χ0) is 21.1. The van der Waals surface area contributed by atoms with Gasteiger partial charge in [0.2, 0.25) is 0 Å². The zero-order valence-corrected chi connectivity index (χ0v) is 17.0. The molecule has 3 aromatic carbocycles. The van der Waals surface area contributed by atoms with Gasteiger partial charge in [0, 0.05) is 0 Å². The summed E-state index contributed by atoms with van der Waals surface area (Å²) < 4.78 is 1.69. The number of hydrogen-bond acceptors (Lipinski definition) is 4. The average molecular weight is 419 g/mol. The lowest BCUT2D eigenvalue weighted by Crippen LogP contribution is -2.17. The molecule has 1 heterocycles. The molecular weight excluding hydrogens is 400 g/mol. The van der Waals surface area contributed by atoms with Crippen LogP contribution in [0.25, 0.3) is 10.8 Å². The lowest BCUT2D eigenvalue weighted by molar-refractivity contribution is 0.0952. The number of aromatic hydroxyl groups is 1. The molecule has 0 aliphatic rings. The van der Waals surface area contributed by atoms with Gasteiger partial charge in [-0.15, -0.1) is 0 Å². The Labute approximate surface area is 178 Å². The number of carbonyl (C=O) groups excluding carboxylic acids is 1. The molecule has 0 unspecified atom stereocenters. The number of fused-ring (bicyclic) bond motifs is 1. The maximum Gasteiger partial charge on any atom is 0.275 e. The number of phenols is 1. The van der Waals surface area contributed by atoms with E-state index < -0.39 is 5.91 Å². The highest BCUT2D eigenvalue weighted by Gasteiger charge is 2.14. The zero-order valence-electron chi connectivity index (χ0n) is 16.2. The Hall–Kier alpha value is -3.64. The number of carbonyl (C=O) groups is 1. The number of benzene rings is 3. The molecule has 0 saturated heterocycles. The van der Waals surface area contributed by atoms with Gasteiger partial charge in [0.15, 0.2) is 0 Å². The number of hydrazone groups is 1. The average Bonchev–Trinajstić information content (AvgIpc) is 3.01. The van der Waals surface area contributed by atoms with Crippen molar-refractivity contribution in [3.63, 3.8) is 0 Å². The fourth-order valence-electron chi connectivity index (χ4n) is 3.20. The number of halogens is 1. The first-order valence-electron chi connectivity index (χ1n) is 9.35. The third-order valence-electron chi connectivity index (χ3n) is 4.75. The summed E-state index contributed by atoms with van der Waals surface area (Å²) in [6.07, 6.45) is 1.46. The van der Waals surface area contributed by atoms with Crippen LogP contribution in [0.1, 0.15) is 27.2 Å². The van der Waals surface area contributed by atoms with Crippen LogP contribution in [0, 0.1) is 6.92 Å². The van der Waals surface area contributed by atoms with Crippen LogP contribution in [0.15, 0.2) is 71.8 Å². The molecule has 2 N–H and O–H groups in total. The van der Waals surface area contributed by atoms with Gasteiger partial charge in [-0.1, -0.05) is 66.2 Å². The number of aryl methyl sites for hydroxylation is 1. The second kappa shape index (κ2) is 8.39. The molecule has 150 valence electrons. The minimum absolute atomic E-state index is 0.105. The second-order valence-electron chi connectivity index (χ2n) is 6.85. The molecule has 0 fully saturated rings. The first-order valence-corrected chi connectivity index (χ1v) is 9.72. The normalized spacial score (nSPS) is 11.3. The third-order valence-corrected chi connectivity index (χ3v) is 5.15. The molecular formula is C23H19ClN4O2. The standard InChI is InChI=1S/C23H19ClN4O2/c1-15-20(22(24)28(27-15)14-16-7-3-2-4-8-16)13-25-26-23(30)19-11-17-9-5-6-10-18(17)12-21(19)29/h2-13,29H,14H2,1H3,(H,26,30)/b25-13-. The van der Waals surface area contributed by atoms with Crippen molar-refractivity contribution in [2.75, 3.05) is 0 Å². The van der Waals surface area contributed by atoms with Crippen LogP contribution in [0.3, 0.4) is 0 Å². The highest BCUT2D eigenvalue weighted by Crippen LogP contribution is 2.25. The Morgan fingerprint density at radius 1 is 1.13 bits per heavy atom. The van der Waals surface area contributed by atoms with Crippen molar-refractivity contribution >= 4 is 34.5 Å². The largest absolute Gasteiger partial charge is 0.507 e. The van der Waals surface area contributed by atoms with E-state index in [9.17, 15) is 9.90 Å². The molecule has 0 spiro atoms. The fourth-order valence-corrected chi connectivity index (χ4v) is 3.48. The number of rotatable bonds is 5. The van der Waals surface area contributed by atoms with Gasteiger partial charge in [0.25, 0.3) is 5.91 Å². The first-order chi connectivity index (χ1) is 14.5. The highest BCUT2D eigenvalue weighted by atomic mass is 35.5. The van der Waals surface area contributed by atoms with E-state index in [1.54, 1.807) is 16.8 Å². The minimum atomic E-state index is -0.514. The summed E-state index contributed by atoms with van der Waals surface area (Å²) >= 11 is 6.46. The van der Waals surface area contributed by atoms with Crippen LogP contribution < -0.4 is 5.43 Å². The predicted molar refractivity (Wildman–Crippen MR) is 118 cm³/mol. The van der Waals surface area contributed by atoms with Crippen LogP contribution in [-0.4, -0.2) is 27.0 Å². The number of aromatic nitrogens is 2. The van der Waals surface area contributed by atoms with Gasteiger partial charge in [0.05, 0.1) is 29.6 Å². The van der Waals surface area contributed by atoms with E-state index in [0.717, 1.165) is 16.3 Å². The molecule has 0 aliphatic carbocycles. The van der Waals surface area contributed by atoms with Gasteiger partial charge in [-0.3, -0.25) is 4.79 Å². The van der Waals surface area contributed by atoms with Gasteiger partial charge in [-0.2, -0.15) is 10.2 Å². The Bertz CT molecular complexity index is 1250. The first kappa shape index (κ1) is 19.7. The monoisotopic (exact) mass is 418 g/mol. The maximum atomic E-state index is 12.5. The van der Waals surface area contributed by atoms with Gasteiger partial charge in [-0.25, -0.2) is 10.1 Å². The molecule has 4 rings (SSSR count). The van der Waals surface area contributed by atoms with Gasteiger partial charge in [0.1, 0.15) is 10.9 Å². The van der Waals surface area contributed by atoms with Crippen LogP contribution in [-0.2, 0) is 6.54 Å². The molecule has 7 heteroatoms. The quantitative estimate of drug-likeness (QED) is 0.369. The number of nitrogens with zero attached hydrogens (tertiary/aromatic N) is 3. The van der Waals surface area contributed by atoms with Crippen molar-refractivity contribution < 1.29 is 9.90 Å². The van der Waals surface area contributed by atoms with Crippen molar-refractivity contribution in [2.45, 2.75) is 13.5 Å². The van der Waals surface area contributed by atoms with Crippen molar-refractivity contribution in [2.24, 2.45) is 5.10 Å². The van der Waals surface area contributed by atoms with Gasteiger partial charge in [-0.05, 0) is 35.4 Å². The fraction of sp³-hybridized carbons (Fsp3) is 0.0870. The van der Waals surface area contributed by atoms with E-state index in [1.165, 1.54) is 6.21 Å². The highest BCUT2D eigenvalue weighted by molar-refractivity contribution is 6.32. The predicted octanol–water partition coefficient (Wildman–Crippen LogP) is 4.52. The second-order valence-corrected chi connectivity index (χ2v) is 7.21. The van der Waals surface area contributed by atoms with Crippen LogP contribution in [0.2, 0.25) is 5.15 Å². The molecule has 0 bridgehead atoms. The summed E-state index contributed by atoms with van der Waals surface area (Å²) in [6, 6.07) is 20.5. The van der Waals surface area contributed by atoms with E-state index in [4.69, 9.17) is 11.6 Å². The molecule has 0 radical (unpaired) electrons. The van der Waals surface area contributed by atoms with Crippen molar-refractivity contribution in [1.82, 2.24) is 15.2 Å². The Morgan fingerprint density at radius 2 is 1.80 bits per heavy atom. The van der Waals surface area contributed by atoms with E-state index >= 15 is 0 Å². The minimum Gasteiger partial charge on any atom is -0.507 e. The summed E-state index contributed by atoms with van der Waals surface area (Å²) in [4.78, 5) is 12.5. The molecule has 4 aromatic rings. The molecule has 6 nitrogen and oxygen atoms in total. The van der Waals surface area contributed by atoms with E-state index in [1.807, 2.05) is 61.5 Å². The summed E-state index contributed by atoms with van der Waals surface area (Å²) in [7, 11) is 0. The topological polar surface area (TPSA) is 79.5 Å². The number of hydrogen-bond donors (Lipinski definition) is 2. The van der Waals surface area contributed by atoms with Crippen LogP contribution in [0.4, 0.5) is 0 Å². The number of amides is 1. The molecule has 1 aromatic heterocycles. The smallest absolute Gasteiger partial charge is 0.275 e. The Morgan fingerprint density at radius 3 is 2.53 bits per heavy atom. The summed E-state index contributed by atoms with van der Waals surface area (Å²) in [6.45, 7) is 2.36. The lowest BCUT2D eigenvalue weighted by atomic mass is 10.1. The Kier molecular flexibility index (Phi) is 5.50. The number of nitrogens with one attached hydrogen (secondary N) is 1. The van der Waals surface area contributed by atoms with Gasteiger partial charge < -0.3 is 5.11 Å². The number of phenolic OH excluding ortho intramolecular Hbond substituents is 1. The maximum absolute atomic E-state index is 12.5.